The lowest BCUT2D eigenvalue weighted by molar-refractivity contribution is 0.495. The molecular formula is C11H16N2. The molecule has 1 atom stereocenters. The fraction of sp³-hybridized carbons (Fsp3) is 0.545. The number of pyridine rings is 1. The summed E-state index contributed by atoms with van der Waals surface area (Å²) in [6.45, 7) is 3.20. The molecule has 0 bridgehead atoms. The Morgan fingerprint density at radius 3 is 3.00 bits per heavy atom. The van der Waals surface area contributed by atoms with Gasteiger partial charge in [0.1, 0.15) is 0 Å². The maximum absolute atomic E-state index is 4.16. The van der Waals surface area contributed by atoms with E-state index in [0.717, 1.165) is 12.5 Å². The molecule has 1 aromatic rings. The zero-order chi connectivity index (χ0) is 9.10. The van der Waals surface area contributed by atoms with Crippen molar-refractivity contribution in [1.29, 1.82) is 0 Å². The monoisotopic (exact) mass is 176 g/mol. The van der Waals surface area contributed by atoms with Gasteiger partial charge in [-0.3, -0.25) is 4.98 Å². The summed E-state index contributed by atoms with van der Waals surface area (Å²) >= 11 is 0. The van der Waals surface area contributed by atoms with Crippen molar-refractivity contribution in [1.82, 2.24) is 10.3 Å². The largest absolute Gasteiger partial charge is 0.310 e. The lowest BCUT2D eigenvalue weighted by Crippen LogP contribution is -2.22. The second-order valence-corrected chi connectivity index (χ2v) is 3.66. The zero-order valence-corrected chi connectivity index (χ0v) is 8.03. The first-order valence-corrected chi connectivity index (χ1v) is 5.05. The van der Waals surface area contributed by atoms with Crippen LogP contribution in [0.4, 0.5) is 0 Å². The minimum Gasteiger partial charge on any atom is -0.310 e. The summed E-state index contributed by atoms with van der Waals surface area (Å²) in [5.41, 5.74) is 1.34. The Morgan fingerprint density at radius 2 is 2.46 bits per heavy atom. The average Bonchev–Trinajstić information content (AvgIpc) is 2.99. The fourth-order valence-electron chi connectivity index (χ4n) is 1.77. The smallest absolute Gasteiger partial charge is 0.0363 e. The van der Waals surface area contributed by atoms with Crippen molar-refractivity contribution >= 4 is 0 Å². The third-order valence-corrected chi connectivity index (χ3v) is 2.56. The standard InChI is InChI=1S/C11H16N2/c1-2-13-11(9-5-6-9)10-4-3-7-12-8-10/h3-4,7-9,11,13H,2,5-6H2,1H3. The second kappa shape index (κ2) is 3.88. The highest BCUT2D eigenvalue weighted by Crippen LogP contribution is 2.40. The van der Waals surface area contributed by atoms with E-state index in [9.17, 15) is 0 Å². The van der Waals surface area contributed by atoms with Gasteiger partial charge in [0, 0.05) is 18.4 Å². The normalized spacial score (nSPS) is 18.5. The van der Waals surface area contributed by atoms with Crippen LogP contribution in [0.1, 0.15) is 31.4 Å². The van der Waals surface area contributed by atoms with E-state index in [0.29, 0.717) is 6.04 Å². The molecule has 0 radical (unpaired) electrons. The second-order valence-electron chi connectivity index (χ2n) is 3.66. The van der Waals surface area contributed by atoms with Crippen molar-refractivity contribution in [2.75, 3.05) is 6.54 Å². The van der Waals surface area contributed by atoms with Crippen LogP contribution in [0.15, 0.2) is 24.5 Å². The average molecular weight is 176 g/mol. The highest BCUT2D eigenvalue weighted by atomic mass is 14.9. The van der Waals surface area contributed by atoms with Gasteiger partial charge in [0.05, 0.1) is 0 Å². The van der Waals surface area contributed by atoms with Crippen LogP contribution in [0.3, 0.4) is 0 Å². The van der Waals surface area contributed by atoms with Crippen LogP contribution in [-0.2, 0) is 0 Å². The van der Waals surface area contributed by atoms with Gasteiger partial charge in [-0.2, -0.15) is 0 Å². The zero-order valence-electron chi connectivity index (χ0n) is 8.03. The quantitative estimate of drug-likeness (QED) is 0.760. The van der Waals surface area contributed by atoms with Gasteiger partial charge in [0.15, 0.2) is 0 Å². The van der Waals surface area contributed by atoms with Crippen molar-refractivity contribution in [2.45, 2.75) is 25.8 Å². The predicted octanol–water partition coefficient (Wildman–Crippen LogP) is 2.14. The molecule has 1 heterocycles. The van der Waals surface area contributed by atoms with Gasteiger partial charge >= 0.3 is 0 Å². The predicted molar refractivity (Wildman–Crippen MR) is 53.4 cm³/mol. The van der Waals surface area contributed by atoms with Crippen molar-refractivity contribution in [3.05, 3.63) is 30.1 Å². The third kappa shape index (κ3) is 2.07. The molecule has 0 amide bonds. The minimum atomic E-state index is 0.540. The Hall–Kier alpha value is -0.890. The molecule has 1 unspecified atom stereocenters. The SMILES string of the molecule is CCNC(c1cccnc1)C1CC1. The first-order valence-electron chi connectivity index (χ1n) is 5.05. The van der Waals surface area contributed by atoms with Crippen molar-refractivity contribution < 1.29 is 0 Å². The van der Waals surface area contributed by atoms with Gasteiger partial charge in [-0.25, -0.2) is 0 Å². The van der Waals surface area contributed by atoms with Gasteiger partial charge in [-0.05, 0) is 36.9 Å². The summed E-state index contributed by atoms with van der Waals surface area (Å²) in [7, 11) is 0. The van der Waals surface area contributed by atoms with Crippen LogP contribution >= 0.6 is 0 Å². The molecule has 13 heavy (non-hydrogen) atoms. The highest BCUT2D eigenvalue weighted by Gasteiger charge is 2.31. The van der Waals surface area contributed by atoms with Gasteiger partial charge < -0.3 is 5.32 Å². The summed E-state index contributed by atoms with van der Waals surface area (Å²) in [5, 5.41) is 3.52. The van der Waals surface area contributed by atoms with Crippen LogP contribution < -0.4 is 5.32 Å². The number of hydrogen-bond acceptors (Lipinski definition) is 2. The first kappa shape index (κ1) is 8.70. The van der Waals surface area contributed by atoms with E-state index < -0.39 is 0 Å². The third-order valence-electron chi connectivity index (χ3n) is 2.56. The molecule has 2 heteroatoms. The Labute approximate surface area is 79.4 Å². The van der Waals surface area contributed by atoms with Crippen LogP contribution in [0, 0.1) is 5.92 Å². The van der Waals surface area contributed by atoms with Crippen LogP contribution in [0.25, 0.3) is 0 Å². The van der Waals surface area contributed by atoms with Crippen molar-refractivity contribution in [2.24, 2.45) is 5.92 Å². The number of nitrogens with one attached hydrogen (secondary N) is 1. The van der Waals surface area contributed by atoms with Crippen LogP contribution in [0.5, 0.6) is 0 Å². The van der Waals surface area contributed by atoms with Gasteiger partial charge in [-0.1, -0.05) is 13.0 Å². The van der Waals surface area contributed by atoms with E-state index in [-0.39, 0.29) is 0 Å². The summed E-state index contributed by atoms with van der Waals surface area (Å²) in [4.78, 5) is 4.16. The molecular weight excluding hydrogens is 160 g/mol. The summed E-state index contributed by atoms with van der Waals surface area (Å²) in [6, 6.07) is 4.72. The lowest BCUT2D eigenvalue weighted by atomic mass is 10.0. The van der Waals surface area contributed by atoms with Crippen molar-refractivity contribution in [3.63, 3.8) is 0 Å². The summed E-state index contributed by atoms with van der Waals surface area (Å²) in [5.74, 6) is 0.851. The Morgan fingerprint density at radius 1 is 1.62 bits per heavy atom. The number of rotatable bonds is 4. The van der Waals surface area contributed by atoms with Crippen LogP contribution in [-0.4, -0.2) is 11.5 Å². The molecule has 2 rings (SSSR count). The van der Waals surface area contributed by atoms with E-state index >= 15 is 0 Å². The summed E-state index contributed by atoms with van der Waals surface area (Å²) in [6.07, 6.45) is 6.55. The van der Waals surface area contributed by atoms with Gasteiger partial charge in [0.25, 0.3) is 0 Å². The molecule has 1 aliphatic rings. The molecule has 0 saturated heterocycles. The molecule has 0 aliphatic heterocycles. The number of nitrogens with zero attached hydrogens (tertiary/aromatic N) is 1. The fourth-order valence-corrected chi connectivity index (χ4v) is 1.77. The summed E-state index contributed by atoms with van der Waals surface area (Å²) < 4.78 is 0. The highest BCUT2D eigenvalue weighted by molar-refractivity contribution is 5.16. The Kier molecular flexibility index (Phi) is 2.60. The number of aromatic nitrogens is 1. The molecule has 1 aromatic heterocycles. The van der Waals surface area contributed by atoms with E-state index in [1.807, 2.05) is 18.5 Å². The van der Waals surface area contributed by atoms with Crippen LogP contribution in [0.2, 0.25) is 0 Å². The topological polar surface area (TPSA) is 24.9 Å². The molecule has 1 aliphatic carbocycles. The molecule has 1 saturated carbocycles. The van der Waals surface area contributed by atoms with Gasteiger partial charge in [0.2, 0.25) is 0 Å². The minimum absolute atomic E-state index is 0.540. The van der Waals surface area contributed by atoms with E-state index in [2.05, 4.69) is 23.3 Å². The maximum atomic E-state index is 4.16. The van der Waals surface area contributed by atoms with E-state index in [1.165, 1.54) is 18.4 Å². The first-order chi connectivity index (χ1) is 6.42. The number of hydrogen-bond donors (Lipinski definition) is 1. The Bertz CT molecular complexity index is 254. The van der Waals surface area contributed by atoms with Gasteiger partial charge in [-0.15, -0.1) is 0 Å². The molecule has 0 aromatic carbocycles. The van der Waals surface area contributed by atoms with E-state index in [1.54, 1.807) is 0 Å². The molecule has 2 nitrogen and oxygen atoms in total. The molecule has 70 valence electrons. The Balaban J connectivity index is 2.10. The van der Waals surface area contributed by atoms with Crippen molar-refractivity contribution in [3.8, 4) is 0 Å². The molecule has 1 N–H and O–H groups in total. The van der Waals surface area contributed by atoms with E-state index in [4.69, 9.17) is 0 Å². The lowest BCUT2D eigenvalue weighted by Gasteiger charge is -2.16. The maximum Gasteiger partial charge on any atom is 0.0363 e. The molecule has 0 spiro atoms. The molecule has 1 fully saturated rings.